The Hall–Kier alpha value is -2.70. The van der Waals surface area contributed by atoms with E-state index in [1.165, 1.54) is 116 Å². The van der Waals surface area contributed by atoms with Crippen LogP contribution in [-0.4, -0.2) is 46.9 Å². The Kier molecular flexibility index (Phi) is 51.1. The predicted octanol–water partition coefficient (Wildman–Crippen LogP) is 17.3. The van der Waals surface area contributed by atoms with Gasteiger partial charge in [-0.05, 0) is 96.3 Å². The Labute approximate surface area is 409 Å². The first-order valence-electron chi connectivity index (χ1n) is 28.2. The Morgan fingerprint density at radius 1 is 0.455 bits per heavy atom. The molecule has 0 aromatic heterocycles. The Balaban J connectivity index is 4.63. The second kappa shape index (κ2) is 53.3. The molecule has 0 heterocycles. The quantitative estimate of drug-likeness (QED) is 0.0321. The molecule has 0 aromatic carbocycles. The van der Waals surface area contributed by atoms with Gasteiger partial charge in [0.1, 0.15) is 6.10 Å². The van der Waals surface area contributed by atoms with Crippen molar-refractivity contribution in [2.45, 2.75) is 289 Å². The molecule has 0 fully saturated rings. The molecular formula is C60H107NO5. The van der Waals surface area contributed by atoms with Crippen molar-refractivity contribution in [3.63, 3.8) is 0 Å². The zero-order chi connectivity index (χ0) is 48.1. The molecule has 6 heteroatoms. The number of aliphatic hydroxyl groups excluding tert-OH is 2. The third-order valence-corrected chi connectivity index (χ3v) is 12.5. The van der Waals surface area contributed by atoms with Gasteiger partial charge in [0.2, 0.25) is 5.91 Å². The molecule has 0 bridgehead atoms. The smallest absolute Gasteiger partial charge is 0.306 e. The van der Waals surface area contributed by atoms with Crippen molar-refractivity contribution in [3.8, 4) is 0 Å². The number of unbranched alkanes of at least 4 members (excludes halogenated alkanes) is 26. The number of hydrogen-bond acceptors (Lipinski definition) is 5. The molecule has 0 aromatic rings. The molecule has 0 saturated heterocycles. The third kappa shape index (κ3) is 47.8. The van der Waals surface area contributed by atoms with Crippen LogP contribution in [0.3, 0.4) is 0 Å². The van der Waals surface area contributed by atoms with Crippen LogP contribution >= 0.6 is 0 Å². The maximum Gasteiger partial charge on any atom is 0.306 e. The van der Waals surface area contributed by atoms with Crippen molar-refractivity contribution in [1.82, 2.24) is 5.32 Å². The van der Waals surface area contributed by atoms with Gasteiger partial charge in [0.15, 0.2) is 0 Å². The van der Waals surface area contributed by atoms with Crippen LogP contribution in [0.1, 0.15) is 271 Å². The summed E-state index contributed by atoms with van der Waals surface area (Å²) in [6, 6.07) is -0.716. The fourth-order valence-electron chi connectivity index (χ4n) is 8.28. The normalized spacial score (nSPS) is 13.7. The number of nitrogens with one attached hydrogen (secondary N) is 1. The second-order valence-electron chi connectivity index (χ2n) is 19.0. The Morgan fingerprint density at radius 2 is 0.818 bits per heavy atom. The van der Waals surface area contributed by atoms with Gasteiger partial charge in [-0.2, -0.15) is 0 Å². The van der Waals surface area contributed by atoms with Crippen LogP contribution in [-0.2, 0) is 14.3 Å². The van der Waals surface area contributed by atoms with E-state index < -0.39 is 18.2 Å². The van der Waals surface area contributed by atoms with E-state index in [9.17, 15) is 19.8 Å². The highest BCUT2D eigenvalue weighted by Crippen LogP contribution is 2.17. The fourth-order valence-corrected chi connectivity index (χ4v) is 8.28. The average Bonchev–Trinajstić information content (AvgIpc) is 3.31. The minimum Gasteiger partial charge on any atom is -0.462 e. The number of hydrogen-bond donors (Lipinski definition) is 3. The number of aliphatic hydroxyl groups is 2. The van der Waals surface area contributed by atoms with E-state index in [1.807, 2.05) is 0 Å². The lowest BCUT2D eigenvalue weighted by Crippen LogP contribution is -2.46. The standard InChI is InChI=1S/C60H107NO5/c1-4-7-10-13-16-19-22-25-28-29-30-31-32-35-38-41-44-47-50-53-60(65)66-56(51-48-45-42-39-36-33-26-23-20-17-14-11-8-5-2)54-59(64)61-57(55-62)58(63)52-49-46-43-40-37-34-27-24-21-18-15-12-9-6-3/h7,10,16,19,25,28,30-31,33,35-36,38,56-58,62-63H,4-6,8-9,11-15,17-18,20-24,26-27,29,32,34,37,39-55H2,1-3H3,(H,61,64)/b10-7-,19-16-,28-25-,31-30-,36-33+,38-35-. The lowest BCUT2D eigenvalue weighted by atomic mass is 10.0. The molecule has 0 spiro atoms. The summed E-state index contributed by atoms with van der Waals surface area (Å²) in [5.74, 6) is -0.523. The van der Waals surface area contributed by atoms with E-state index in [2.05, 4.69) is 99.0 Å². The number of rotatable bonds is 50. The fraction of sp³-hybridized carbons (Fsp3) is 0.767. The minimum absolute atomic E-state index is 0.0518. The SMILES string of the molecule is CC/C=C\C/C=C\C/C=C\C/C=C\C/C=C\CCCCCC(=O)OC(CCCCC/C=C/CCCCCCCCC)CC(=O)NC(CO)C(O)CCCCCCCCCCCCCCCC. The Morgan fingerprint density at radius 3 is 1.27 bits per heavy atom. The van der Waals surface area contributed by atoms with Crippen LogP contribution < -0.4 is 5.32 Å². The molecule has 3 unspecified atom stereocenters. The van der Waals surface area contributed by atoms with Gasteiger partial charge in [0.05, 0.1) is 25.2 Å². The second-order valence-corrected chi connectivity index (χ2v) is 19.0. The number of carbonyl (C=O) groups is 2. The van der Waals surface area contributed by atoms with E-state index in [-0.39, 0.29) is 24.9 Å². The highest BCUT2D eigenvalue weighted by Gasteiger charge is 2.24. The molecule has 0 aliphatic heterocycles. The molecule has 0 saturated carbocycles. The topological polar surface area (TPSA) is 95.9 Å². The van der Waals surface area contributed by atoms with Gasteiger partial charge in [-0.25, -0.2) is 0 Å². The maximum atomic E-state index is 13.2. The van der Waals surface area contributed by atoms with Crippen LogP contribution in [0.4, 0.5) is 0 Å². The number of esters is 1. The van der Waals surface area contributed by atoms with E-state index in [0.717, 1.165) is 109 Å². The lowest BCUT2D eigenvalue weighted by Gasteiger charge is -2.24. The molecule has 0 aliphatic carbocycles. The summed E-state index contributed by atoms with van der Waals surface area (Å²) in [6.45, 7) is 6.37. The number of amides is 1. The minimum atomic E-state index is -0.800. The van der Waals surface area contributed by atoms with Crippen molar-refractivity contribution < 1.29 is 24.5 Å². The van der Waals surface area contributed by atoms with Crippen LogP contribution in [0.5, 0.6) is 0 Å². The lowest BCUT2D eigenvalue weighted by molar-refractivity contribution is -0.151. The van der Waals surface area contributed by atoms with Crippen molar-refractivity contribution in [1.29, 1.82) is 0 Å². The van der Waals surface area contributed by atoms with Crippen LogP contribution in [0.2, 0.25) is 0 Å². The van der Waals surface area contributed by atoms with Crippen LogP contribution in [0.15, 0.2) is 72.9 Å². The Bertz CT molecular complexity index is 1220. The number of ether oxygens (including phenoxy) is 1. The van der Waals surface area contributed by atoms with Crippen molar-refractivity contribution in [2.75, 3.05) is 6.61 Å². The van der Waals surface area contributed by atoms with E-state index in [4.69, 9.17) is 4.74 Å². The van der Waals surface area contributed by atoms with Gasteiger partial charge in [-0.3, -0.25) is 9.59 Å². The summed E-state index contributed by atoms with van der Waals surface area (Å²) < 4.78 is 5.93. The molecule has 3 atom stereocenters. The monoisotopic (exact) mass is 922 g/mol. The summed E-state index contributed by atoms with van der Waals surface area (Å²) in [5, 5.41) is 23.8. The number of carbonyl (C=O) groups excluding carboxylic acids is 2. The first-order valence-corrected chi connectivity index (χ1v) is 28.2. The van der Waals surface area contributed by atoms with Crippen molar-refractivity contribution in [2.24, 2.45) is 0 Å². The van der Waals surface area contributed by atoms with Gasteiger partial charge < -0.3 is 20.3 Å². The molecular weight excluding hydrogens is 815 g/mol. The highest BCUT2D eigenvalue weighted by molar-refractivity contribution is 5.77. The number of allylic oxidation sites excluding steroid dienone is 12. The van der Waals surface area contributed by atoms with Gasteiger partial charge in [0.25, 0.3) is 0 Å². The highest BCUT2D eigenvalue weighted by atomic mass is 16.5. The third-order valence-electron chi connectivity index (χ3n) is 12.5. The van der Waals surface area contributed by atoms with Crippen LogP contribution in [0, 0.1) is 0 Å². The molecule has 66 heavy (non-hydrogen) atoms. The average molecular weight is 923 g/mol. The van der Waals surface area contributed by atoms with Gasteiger partial charge in [-0.15, -0.1) is 0 Å². The zero-order valence-corrected chi connectivity index (χ0v) is 43.6. The van der Waals surface area contributed by atoms with E-state index in [0.29, 0.717) is 19.3 Å². The summed E-state index contributed by atoms with van der Waals surface area (Å²) in [7, 11) is 0. The predicted molar refractivity (Wildman–Crippen MR) is 287 cm³/mol. The van der Waals surface area contributed by atoms with Crippen LogP contribution in [0.25, 0.3) is 0 Å². The summed E-state index contributed by atoms with van der Waals surface area (Å²) in [5.41, 5.74) is 0. The molecule has 3 N–H and O–H groups in total. The summed E-state index contributed by atoms with van der Waals surface area (Å²) in [6.07, 6.45) is 68.2. The first kappa shape index (κ1) is 63.3. The molecule has 382 valence electrons. The zero-order valence-electron chi connectivity index (χ0n) is 43.6. The molecule has 0 radical (unpaired) electrons. The summed E-state index contributed by atoms with van der Waals surface area (Å²) in [4.78, 5) is 26.2. The van der Waals surface area contributed by atoms with E-state index >= 15 is 0 Å². The van der Waals surface area contributed by atoms with Crippen molar-refractivity contribution in [3.05, 3.63) is 72.9 Å². The first-order chi connectivity index (χ1) is 32.5. The van der Waals surface area contributed by atoms with Crippen molar-refractivity contribution >= 4 is 11.9 Å². The van der Waals surface area contributed by atoms with E-state index in [1.54, 1.807) is 0 Å². The maximum absolute atomic E-state index is 13.2. The van der Waals surface area contributed by atoms with Gasteiger partial charge in [0, 0.05) is 6.42 Å². The molecule has 1 amide bonds. The van der Waals surface area contributed by atoms with Gasteiger partial charge >= 0.3 is 5.97 Å². The van der Waals surface area contributed by atoms with Gasteiger partial charge in [-0.1, -0.05) is 235 Å². The molecule has 0 aliphatic rings. The largest absolute Gasteiger partial charge is 0.462 e. The summed E-state index contributed by atoms with van der Waals surface area (Å²) >= 11 is 0. The molecule has 6 nitrogen and oxygen atoms in total. The molecule has 0 rings (SSSR count).